The Bertz CT molecular complexity index is 345. The second kappa shape index (κ2) is 6.21. The van der Waals surface area contributed by atoms with Gasteiger partial charge in [-0.15, -0.1) is 6.58 Å². The Hall–Kier alpha value is -1.44. The van der Waals surface area contributed by atoms with Gasteiger partial charge in [-0.25, -0.2) is 0 Å². The lowest BCUT2D eigenvalue weighted by Crippen LogP contribution is -2.09. The maximum absolute atomic E-state index is 5.23. The van der Waals surface area contributed by atoms with Crippen molar-refractivity contribution in [1.82, 2.24) is 0 Å². The first-order valence-corrected chi connectivity index (χ1v) is 5.69. The lowest BCUT2D eigenvalue weighted by atomic mass is 10.1. The molecule has 2 heteroatoms. The quantitative estimate of drug-likeness (QED) is 0.739. The highest BCUT2D eigenvalue weighted by Gasteiger charge is 2.03. The molecule has 0 amide bonds. The number of hydrogen-bond acceptors (Lipinski definition) is 2. The van der Waals surface area contributed by atoms with Crippen molar-refractivity contribution in [1.29, 1.82) is 0 Å². The number of nitrogens with one attached hydrogen (secondary N) is 1. The minimum Gasteiger partial charge on any atom is -0.497 e. The van der Waals surface area contributed by atoms with Gasteiger partial charge in [0.1, 0.15) is 5.75 Å². The van der Waals surface area contributed by atoms with Crippen LogP contribution in [0.5, 0.6) is 5.75 Å². The first kappa shape index (κ1) is 12.6. The average Bonchev–Trinajstić information content (AvgIpc) is 2.28. The van der Waals surface area contributed by atoms with Gasteiger partial charge in [0.15, 0.2) is 0 Å². The number of methoxy groups -OCH3 is 1. The third kappa shape index (κ3) is 3.61. The summed E-state index contributed by atoms with van der Waals surface area (Å²) >= 11 is 0. The maximum Gasteiger partial charge on any atom is 0.120 e. The van der Waals surface area contributed by atoms with Gasteiger partial charge in [0.25, 0.3) is 0 Å². The predicted molar refractivity (Wildman–Crippen MR) is 70.2 cm³/mol. The molecule has 0 aliphatic heterocycles. The van der Waals surface area contributed by atoms with E-state index in [1.807, 2.05) is 18.2 Å². The van der Waals surface area contributed by atoms with Gasteiger partial charge in [-0.2, -0.15) is 0 Å². The third-order valence-corrected chi connectivity index (χ3v) is 2.38. The standard InChI is InChI=1S/C14H21NO/c1-5-6-12-7-8-13(16-4)9-14(12)15-10-11(2)3/h5,7-9,11,15H,1,6,10H2,2-4H3. The molecule has 0 saturated carbocycles. The van der Waals surface area contributed by atoms with E-state index in [9.17, 15) is 0 Å². The Balaban J connectivity index is 2.86. The van der Waals surface area contributed by atoms with Crippen molar-refractivity contribution >= 4 is 5.69 Å². The van der Waals surface area contributed by atoms with Crippen LogP contribution in [0.3, 0.4) is 0 Å². The molecular formula is C14H21NO. The van der Waals surface area contributed by atoms with E-state index in [-0.39, 0.29) is 0 Å². The molecule has 1 rings (SSSR count). The van der Waals surface area contributed by atoms with E-state index in [0.717, 1.165) is 24.4 Å². The second-order valence-corrected chi connectivity index (χ2v) is 4.29. The van der Waals surface area contributed by atoms with Crippen LogP contribution in [0, 0.1) is 5.92 Å². The van der Waals surface area contributed by atoms with Gasteiger partial charge < -0.3 is 10.1 Å². The number of ether oxygens (including phenoxy) is 1. The molecule has 16 heavy (non-hydrogen) atoms. The molecule has 88 valence electrons. The fourth-order valence-corrected chi connectivity index (χ4v) is 1.49. The molecule has 0 aliphatic carbocycles. The first-order valence-electron chi connectivity index (χ1n) is 5.69. The number of benzene rings is 1. The van der Waals surface area contributed by atoms with Crippen LogP contribution in [0.25, 0.3) is 0 Å². The van der Waals surface area contributed by atoms with Crippen LogP contribution in [-0.4, -0.2) is 13.7 Å². The van der Waals surface area contributed by atoms with Crippen LogP contribution in [0.2, 0.25) is 0 Å². The topological polar surface area (TPSA) is 21.3 Å². The van der Waals surface area contributed by atoms with Crippen LogP contribution >= 0.6 is 0 Å². The fourth-order valence-electron chi connectivity index (χ4n) is 1.49. The highest BCUT2D eigenvalue weighted by atomic mass is 16.5. The van der Waals surface area contributed by atoms with Crippen LogP contribution in [0.15, 0.2) is 30.9 Å². The summed E-state index contributed by atoms with van der Waals surface area (Å²) in [5.74, 6) is 1.52. The Kier molecular flexibility index (Phi) is 4.90. The number of hydrogen-bond donors (Lipinski definition) is 1. The summed E-state index contributed by atoms with van der Waals surface area (Å²) in [6, 6.07) is 6.11. The maximum atomic E-state index is 5.23. The minimum absolute atomic E-state index is 0.628. The van der Waals surface area contributed by atoms with Crippen molar-refractivity contribution < 1.29 is 4.74 Å². The summed E-state index contributed by atoms with van der Waals surface area (Å²) in [5.41, 5.74) is 2.41. The monoisotopic (exact) mass is 219 g/mol. The molecule has 0 aromatic heterocycles. The lowest BCUT2D eigenvalue weighted by Gasteiger charge is -2.14. The summed E-state index contributed by atoms with van der Waals surface area (Å²) in [6.45, 7) is 9.13. The SMILES string of the molecule is C=CCc1ccc(OC)cc1NCC(C)C. The van der Waals surface area contributed by atoms with Gasteiger partial charge >= 0.3 is 0 Å². The molecule has 2 nitrogen and oxygen atoms in total. The molecule has 1 aromatic carbocycles. The van der Waals surface area contributed by atoms with Crippen molar-refractivity contribution in [3.8, 4) is 5.75 Å². The number of allylic oxidation sites excluding steroid dienone is 1. The Morgan fingerprint density at radius 3 is 2.75 bits per heavy atom. The predicted octanol–water partition coefficient (Wildman–Crippen LogP) is 3.49. The first-order chi connectivity index (χ1) is 7.67. The molecule has 0 unspecified atom stereocenters. The van der Waals surface area contributed by atoms with Crippen LogP contribution < -0.4 is 10.1 Å². The van der Waals surface area contributed by atoms with E-state index >= 15 is 0 Å². The molecule has 1 aromatic rings. The van der Waals surface area contributed by atoms with Gasteiger partial charge in [-0.05, 0) is 24.0 Å². The molecule has 0 saturated heterocycles. The summed E-state index contributed by atoms with van der Waals surface area (Å²) in [5, 5.41) is 3.44. The molecule has 0 radical (unpaired) electrons. The summed E-state index contributed by atoms with van der Waals surface area (Å²) in [7, 11) is 1.69. The van der Waals surface area contributed by atoms with Gasteiger partial charge in [0.05, 0.1) is 7.11 Å². The van der Waals surface area contributed by atoms with Gasteiger partial charge in [0.2, 0.25) is 0 Å². The molecule has 0 atom stereocenters. The highest BCUT2D eigenvalue weighted by molar-refractivity contribution is 5.55. The summed E-state index contributed by atoms with van der Waals surface area (Å²) < 4.78 is 5.23. The number of rotatable bonds is 6. The minimum atomic E-state index is 0.628. The molecule has 0 aliphatic rings. The van der Waals surface area contributed by atoms with Crippen molar-refractivity contribution in [2.75, 3.05) is 19.0 Å². The van der Waals surface area contributed by atoms with Crippen LogP contribution in [0.4, 0.5) is 5.69 Å². The van der Waals surface area contributed by atoms with E-state index in [2.05, 4.69) is 31.8 Å². The van der Waals surface area contributed by atoms with Gasteiger partial charge in [-0.3, -0.25) is 0 Å². The zero-order chi connectivity index (χ0) is 12.0. The van der Waals surface area contributed by atoms with E-state index < -0.39 is 0 Å². The zero-order valence-corrected chi connectivity index (χ0v) is 10.4. The molecule has 0 fully saturated rings. The van der Waals surface area contributed by atoms with Crippen LogP contribution in [-0.2, 0) is 6.42 Å². The summed E-state index contributed by atoms with van der Waals surface area (Å²) in [4.78, 5) is 0. The number of anilines is 1. The summed E-state index contributed by atoms with van der Waals surface area (Å²) in [6.07, 6.45) is 2.80. The van der Waals surface area contributed by atoms with Crippen molar-refractivity contribution in [3.63, 3.8) is 0 Å². The second-order valence-electron chi connectivity index (χ2n) is 4.29. The molecular weight excluding hydrogens is 198 g/mol. The largest absolute Gasteiger partial charge is 0.497 e. The molecule has 0 bridgehead atoms. The van der Waals surface area contributed by atoms with Gasteiger partial charge in [-0.1, -0.05) is 26.0 Å². The Morgan fingerprint density at radius 1 is 1.44 bits per heavy atom. The van der Waals surface area contributed by atoms with Crippen molar-refractivity contribution in [2.24, 2.45) is 5.92 Å². The van der Waals surface area contributed by atoms with E-state index in [0.29, 0.717) is 5.92 Å². The molecule has 0 heterocycles. The lowest BCUT2D eigenvalue weighted by molar-refractivity contribution is 0.415. The average molecular weight is 219 g/mol. The normalized spacial score (nSPS) is 10.2. The van der Waals surface area contributed by atoms with E-state index in [4.69, 9.17) is 4.74 Å². The van der Waals surface area contributed by atoms with Crippen molar-refractivity contribution in [3.05, 3.63) is 36.4 Å². The van der Waals surface area contributed by atoms with E-state index in [1.54, 1.807) is 7.11 Å². The smallest absolute Gasteiger partial charge is 0.120 e. The van der Waals surface area contributed by atoms with Crippen LogP contribution in [0.1, 0.15) is 19.4 Å². The zero-order valence-electron chi connectivity index (χ0n) is 10.4. The Labute approximate surface area is 98.3 Å². The van der Waals surface area contributed by atoms with E-state index in [1.165, 1.54) is 5.56 Å². The molecule has 1 N–H and O–H groups in total. The Morgan fingerprint density at radius 2 is 2.19 bits per heavy atom. The fraction of sp³-hybridized carbons (Fsp3) is 0.429. The van der Waals surface area contributed by atoms with Crippen molar-refractivity contribution in [2.45, 2.75) is 20.3 Å². The highest BCUT2D eigenvalue weighted by Crippen LogP contribution is 2.23. The third-order valence-electron chi connectivity index (χ3n) is 2.38. The molecule has 0 spiro atoms. The van der Waals surface area contributed by atoms with Gasteiger partial charge in [0, 0.05) is 18.3 Å².